The molecule has 1 N–H and O–H groups in total. The molecule has 1 atom stereocenters. The zero-order valence-corrected chi connectivity index (χ0v) is 17.0. The van der Waals surface area contributed by atoms with E-state index in [1.54, 1.807) is 26.0 Å². The van der Waals surface area contributed by atoms with Crippen LogP contribution < -0.4 is 5.32 Å². The minimum Gasteiger partial charge on any atom is -0.322 e. The molecule has 0 saturated carbocycles. The van der Waals surface area contributed by atoms with Gasteiger partial charge in [-0.25, -0.2) is 21.6 Å². The number of amides is 1. The molecule has 2 aromatic rings. The van der Waals surface area contributed by atoms with Crippen LogP contribution in [0.1, 0.15) is 29.5 Å². The second kappa shape index (κ2) is 7.79. The second-order valence-electron chi connectivity index (χ2n) is 7.21. The van der Waals surface area contributed by atoms with Crippen molar-refractivity contribution in [2.24, 2.45) is 0 Å². The van der Waals surface area contributed by atoms with E-state index in [0.717, 1.165) is 15.9 Å². The quantitative estimate of drug-likeness (QED) is 0.756. The molecule has 1 saturated heterocycles. The number of sulfonamides is 1. The maximum atomic E-state index is 13.9. The number of halogens is 3. The third-order valence-electron chi connectivity index (χ3n) is 4.97. The van der Waals surface area contributed by atoms with Crippen LogP contribution in [-0.4, -0.2) is 31.2 Å². The Morgan fingerprint density at radius 3 is 2.31 bits per heavy atom. The Kier molecular flexibility index (Phi) is 5.73. The van der Waals surface area contributed by atoms with E-state index in [9.17, 15) is 26.4 Å². The number of carbonyl (C=O) groups excluding carboxylic acids is 1. The van der Waals surface area contributed by atoms with Gasteiger partial charge in [0.05, 0.1) is 10.6 Å². The molecule has 0 aliphatic carbocycles. The number of nitrogens with zero attached hydrogens (tertiary/aromatic N) is 1. The Labute approximate surface area is 167 Å². The predicted octanol–water partition coefficient (Wildman–Crippen LogP) is 3.82. The summed E-state index contributed by atoms with van der Waals surface area (Å²) in [6.07, 6.45) is 0.682. The van der Waals surface area contributed by atoms with Crippen LogP contribution >= 0.6 is 0 Å². The van der Waals surface area contributed by atoms with E-state index >= 15 is 0 Å². The molecular weight excluding hydrogens is 405 g/mol. The van der Waals surface area contributed by atoms with Gasteiger partial charge in [0.25, 0.3) is 0 Å². The number of rotatable bonds is 4. The Morgan fingerprint density at radius 2 is 1.69 bits per heavy atom. The first-order valence-corrected chi connectivity index (χ1v) is 10.5. The smallest absolute Gasteiger partial charge is 0.244 e. The number of aryl methyl sites for hydroxylation is 3. The van der Waals surface area contributed by atoms with E-state index in [0.29, 0.717) is 23.6 Å². The number of hydrogen-bond acceptors (Lipinski definition) is 3. The molecule has 1 fully saturated rings. The maximum Gasteiger partial charge on any atom is 0.244 e. The SMILES string of the molecule is Cc1cc(C)c(S(=O)(=O)N2CCCC2C(=O)Nc2ccc(F)c(F)c2F)c(C)c1. The Bertz CT molecular complexity index is 1060. The van der Waals surface area contributed by atoms with Crippen molar-refractivity contribution in [3.8, 4) is 0 Å². The van der Waals surface area contributed by atoms with Crippen LogP contribution in [0.15, 0.2) is 29.2 Å². The van der Waals surface area contributed by atoms with Gasteiger partial charge in [-0.2, -0.15) is 4.31 Å². The van der Waals surface area contributed by atoms with Crippen LogP contribution in [-0.2, 0) is 14.8 Å². The Balaban J connectivity index is 1.92. The highest BCUT2D eigenvalue weighted by Gasteiger charge is 2.40. The fraction of sp³-hybridized carbons (Fsp3) is 0.350. The minimum absolute atomic E-state index is 0.132. The molecule has 0 radical (unpaired) electrons. The van der Waals surface area contributed by atoms with Crippen LogP contribution in [0.5, 0.6) is 0 Å². The third-order valence-corrected chi connectivity index (χ3v) is 7.19. The van der Waals surface area contributed by atoms with Crippen molar-refractivity contribution in [1.82, 2.24) is 4.31 Å². The van der Waals surface area contributed by atoms with E-state index in [4.69, 9.17) is 0 Å². The highest BCUT2D eigenvalue weighted by Crippen LogP contribution is 2.31. The molecule has 1 aliphatic heterocycles. The fourth-order valence-corrected chi connectivity index (χ4v) is 5.89. The first kappa shape index (κ1) is 21.3. The summed E-state index contributed by atoms with van der Waals surface area (Å²) < 4.78 is 68.1. The van der Waals surface area contributed by atoms with Crippen molar-refractivity contribution >= 4 is 21.6 Å². The lowest BCUT2D eigenvalue weighted by Crippen LogP contribution is -2.43. The van der Waals surface area contributed by atoms with Gasteiger partial charge in [-0.1, -0.05) is 17.7 Å². The van der Waals surface area contributed by atoms with Crippen LogP contribution in [0.4, 0.5) is 18.9 Å². The van der Waals surface area contributed by atoms with Crippen molar-refractivity contribution in [3.05, 3.63) is 58.4 Å². The summed E-state index contributed by atoms with van der Waals surface area (Å²) in [5.74, 6) is -5.41. The lowest BCUT2D eigenvalue weighted by Gasteiger charge is -2.25. The summed E-state index contributed by atoms with van der Waals surface area (Å²) in [6.45, 7) is 5.37. The van der Waals surface area contributed by atoms with Gasteiger partial charge in [-0.3, -0.25) is 4.79 Å². The summed E-state index contributed by atoms with van der Waals surface area (Å²) >= 11 is 0. The van der Waals surface area contributed by atoms with Crippen molar-refractivity contribution in [3.63, 3.8) is 0 Å². The highest BCUT2D eigenvalue weighted by atomic mass is 32.2. The standard InChI is InChI=1S/C20H21F3N2O3S/c1-11-9-12(2)19(13(3)10-11)29(27,28)25-8-4-5-16(25)20(26)24-15-7-6-14(21)17(22)18(15)23/h6-7,9-10,16H,4-5,8H2,1-3H3,(H,24,26). The van der Waals surface area contributed by atoms with E-state index in [2.05, 4.69) is 5.32 Å². The van der Waals surface area contributed by atoms with Crippen molar-refractivity contribution in [2.45, 2.75) is 44.6 Å². The third kappa shape index (κ3) is 3.89. The molecule has 1 amide bonds. The summed E-state index contributed by atoms with van der Waals surface area (Å²) in [4.78, 5) is 12.8. The second-order valence-corrected chi connectivity index (χ2v) is 9.04. The molecular formula is C20H21F3N2O3S. The van der Waals surface area contributed by atoms with Gasteiger partial charge in [0.1, 0.15) is 6.04 Å². The van der Waals surface area contributed by atoms with Crippen molar-refractivity contribution in [2.75, 3.05) is 11.9 Å². The summed E-state index contributed by atoms with van der Waals surface area (Å²) in [6, 6.07) is 4.01. The largest absolute Gasteiger partial charge is 0.322 e. The normalized spacial score (nSPS) is 17.5. The van der Waals surface area contributed by atoms with Crippen LogP contribution in [0.25, 0.3) is 0 Å². The van der Waals surface area contributed by atoms with E-state index < -0.39 is 45.1 Å². The molecule has 2 aromatic carbocycles. The number of hydrogen-bond donors (Lipinski definition) is 1. The van der Waals surface area contributed by atoms with Crippen LogP contribution in [0, 0.1) is 38.2 Å². The van der Waals surface area contributed by atoms with Crippen molar-refractivity contribution < 1.29 is 26.4 Å². The zero-order chi connectivity index (χ0) is 21.5. The first-order valence-electron chi connectivity index (χ1n) is 9.08. The molecule has 5 nitrogen and oxygen atoms in total. The highest BCUT2D eigenvalue weighted by molar-refractivity contribution is 7.89. The minimum atomic E-state index is -3.98. The lowest BCUT2D eigenvalue weighted by atomic mass is 10.1. The molecule has 0 spiro atoms. The number of carbonyl (C=O) groups is 1. The van der Waals surface area contributed by atoms with Gasteiger partial charge in [0, 0.05) is 6.54 Å². The summed E-state index contributed by atoms with van der Waals surface area (Å²) in [7, 11) is -3.98. The van der Waals surface area contributed by atoms with Gasteiger partial charge in [0.2, 0.25) is 15.9 Å². The predicted molar refractivity (Wildman–Crippen MR) is 103 cm³/mol. The monoisotopic (exact) mass is 426 g/mol. The topological polar surface area (TPSA) is 66.5 Å². The van der Waals surface area contributed by atoms with Gasteiger partial charge in [-0.15, -0.1) is 0 Å². The molecule has 0 aromatic heterocycles. The van der Waals surface area contributed by atoms with Crippen molar-refractivity contribution in [1.29, 1.82) is 0 Å². The van der Waals surface area contributed by atoms with Gasteiger partial charge < -0.3 is 5.32 Å². The van der Waals surface area contributed by atoms with E-state index in [1.807, 2.05) is 6.92 Å². The molecule has 29 heavy (non-hydrogen) atoms. The fourth-order valence-electron chi connectivity index (χ4n) is 3.82. The molecule has 3 rings (SSSR count). The number of anilines is 1. The first-order chi connectivity index (χ1) is 13.5. The summed E-state index contributed by atoms with van der Waals surface area (Å²) in [5.41, 5.74) is 1.52. The molecule has 1 unspecified atom stereocenters. The lowest BCUT2D eigenvalue weighted by molar-refractivity contribution is -0.119. The maximum absolute atomic E-state index is 13.9. The number of nitrogens with one attached hydrogen (secondary N) is 1. The van der Waals surface area contributed by atoms with E-state index in [-0.39, 0.29) is 17.9 Å². The molecule has 1 heterocycles. The molecule has 9 heteroatoms. The average Bonchev–Trinajstić information content (AvgIpc) is 3.12. The molecule has 0 bridgehead atoms. The summed E-state index contributed by atoms with van der Waals surface area (Å²) in [5, 5.41) is 2.19. The molecule has 156 valence electrons. The van der Waals surface area contributed by atoms with Gasteiger partial charge in [-0.05, 0) is 56.9 Å². The average molecular weight is 426 g/mol. The van der Waals surface area contributed by atoms with E-state index in [1.165, 1.54) is 0 Å². The van der Waals surface area contributed by atoms with Crippen LogP contribution in [0.3, 0.4) is 0 Å². The van der Waals surface area contributed by atoms with Gasteiger partial charge in [0.15, 0.2) is 17.5 Å². The molecule has 1 aliphatic rings. The van der Waals surface area contributed by atoms with Crippen LogP contribution in [0.2, 0.25) is 0 Å². The Hall–Kier alpha value is -2.39. The zero-order valence-electron chi connectivity index (χ0n) is 16.2. The number of benzene rings is 2. The van der Waals surface area contributed by atoms with Gasteiger partial charge >= 0.3 is 0 Å². The Morgan fingerprint density at radius 1 is 1.07 bits per heavy atom.